The van der Waals surface area contributed by atoms with E-state index >= 15 is 0 Å². The summed E-state index contributed by atoms with van der Waals surface area (Å²) in [5.74, 6) is 0.950. The summed E-state index contributed by atoms with van der Waals surface area (Å²) in [6, 6.07) is 5.73. The molecule has 1 amide bonds. The van der Waals surface area contributed by atoms with E-state index in [1.807, 2.05) is 25.1 Å². The van der Waals surface area contributed by atoms with Crippen molar-refractivity contribution in [1.82, 2.24) is 20.3 Å². The Morgan fingerprint density at radius 3 is 2.83 bits per heavy atom. The van der Waals surface area contributed by atoms with E-state index in [0.29, 0.717) is 6.54 Å². The van der Waals surface area contributed by atoms with Crippen LogP contribution in [-0.2, 0) is 11.3 Å². The number of nitrogens with zero attached hydrogens (tertiary/aromatic N) is 4. The van der Waals surface area contributed by atoms with Crippen LogP contribution < -0.4 is 10.2 Å². The van der Waals surface area contributed by atoms with E-state index in [9.17, 15) is 4.79 Å². The number of hydrogen-bond donors (Lipinski definition) is 1. The van der Waals surface area contributed by atoms with E-state index in [4.69, 9.17) is 0 Å². The minimum atomic E-state index is 0.0627. The van der Waals surface area contributed by atoms with Crippen LogP contribution in [-0.4, -0.2) is 33.9 Å². The van der Waals surface area contributed by atoms with E-state index in [1.54, 1.807) is 18.6 Å². The van der Waals surface area contributed by atoms with Crippen molar-refractivity contribution in [3.8, 4) is 0 Å². The fourth-order valence-corrected chi connectivity index (χ4v) is 2.77. The van der Waals surface area contributed by atoms with E-state index < -0.39 is 0 Å². The quantitative estimate of drug-likeness (QED) is 0.931. The molecule has 1 fully saturated rings. The molecule has 0 saturated carbocycles. The molecule has 0 bridgehead atoms. The average Bonchev–Trinajstić information content (AvgIpc) is 2.61. The van der Waals surface area contributed by atoms with Gasteiger partial charge in [0.05, 0.1) is 0 Å². The average molecular weight is 311 g/mol. The van der Waals surface area contributed by atoms with Gasteiger partial charge in [-0.3, -0.25) is 9.78 Å². The number of carbonyl (C=O) groups is 1. The molecule has 1 N–H and O–H groups in total. The predicted molar refractivity (Wildman–Crippen MR) is 87.8 cm³/mol. The summed E-state index contributed by atoms with van der Waals surface area (Å²) >= 11 is 0. The Labute approximate surface area is 136 Å². The third-order valence-corrected chi connectivity index (χ3v) is 4.12. The minimum absolute atomic E-state index is 0.0627. The summed E-state index contributed by atoms with van der Waals surface area (Å²) in [6.07, 6.45) is 6.95. The van der Waals surface area contributed by atoms with Gasteiger partial charge in [-0.1, -0.05) is 6.07 Å². The maximum absolute atomic E-state index is 12.3. The van der Waals surface area contributed by atoms with Crippen molar-refractivity contribution in [3.63, 3.8) is 0 Å². The molecule has 3 rings (SSSR count). The summed E-state index contributed by atoms with van der Waals surface area (Å²) in [6.45, 7) is 4.13. The Kier molecular flexibility index (Phi) is 4.80. The fraction of sp³-hybridized carbons (Fsp3) is 0.412. The van der Waals surface area contributed by atoms with Crippen molar-refractivity contribution in [2.75, 3.05) is 18.0 Å². The molecule has 1 saturated heterocycles. The molecule has 0 radical (unpaired) electrons. The first-order chi connectivity index (χ1) is 11.2. The highest BCUT2D eigenvalue weighted by atomic mass is 16.1. The molecule has 3 heterocycles. The van der Waals surface area contributed by atoms with Crippen molar-refractivity contribution < 1.29 is 4.79 Å². The van der Waals surface area contributed by atoms with Crippen LogP contribution in [0.2, 0.25) is 0 Å². The lowest BCUT2D eigenvalue weighted by atomic mass is 9.96. The van der Waals surface area contributed by atoms with Crippen molar-refractivity contribution in [2.24, 2.45) is 5.92 Å². The van der Waals surface area contributed by atoms with E-state index in [2.05, 4.69) is 25.2 Å². The maximum atomic E-state index is 12.3. The lowest BCUT2D eigenvalue weighted by molar-refractivity contribution is -0.125. The molecule has 0 atom stereocenters. The first-order valence-corrected chi connectivity index (χ1v) is 7.93. The third kappa shape index (κ3) is 4.03. The second kappa shape index (κ2) is 7.17. The van der Waals surface area contributed by atoms with Gasteiger partial charge >= 0.3 is 0 Å². The molecule has 2 aromatic heterocycles. The van der Waals surface area contributed by atoms with Gasteiger partial charge in [0.15, 0.2) is 0 Å². The normalized spacial score (nSPS) is 15.4. The van der Waals surface area contributed by atoms with Gasteiger partial charge in [-0.15, -0.1) is 0 Å². The van der Waals surface area contributed by atoms with Crippen LogP contribution in [0.15, 0.2) is 36.8 Å². The van der Waals surface area contributed by atoms with Gasteiger partial charge in [0.2, 0.25) is 11.9 Å². The molecule has 6 heteroatoms. The summed E-state index contributed by atoms with van der Waals surface area (Å²) in [4.78, 5) is 27.3. The number of nitrogens with one attached hydrogen (secondary N) is 1. The largest absolute Gasteiger partial charge is 0.352 e. The lowest BCUT2D eigenvalue weighted by Crippen LogP contribution is -2.41. The second-order valence-electron chi connectivity index (χ2n) is 5.84. The summed E-state index contributed by atoms with van der Waals surface area (Å²) < 4.78 is 0. The monoisotopic (exact) mass is 311 g/mol. The van der Waals surface area contributed by atoms with Crippen LogP contribution in [0.3, 0.4) is 0 Å². The number of piperidine rings is 1. The van der Waals surface area contributed by atoms with Gasteiger partial charge in [0.1, 0.15) is 0 Å². The molecule has 0 spiro atoms. The summed E-state index contributed by atoms with van der Waals surface area (Å²) in [5, 5.41) is 3.00. The number of carbonyl (C=O) groups excluding carboxylic acids is 1. The van der Waals surface area contributed by atoms with Crippen molar-refractivity contribution in [2.45, 2.75) is 26.3 Å². The number of pyridine rings is 1. The first-order valence-electron chi connectivity index (χ1n) is 7.93. The Bertz CT molecular complexity index is 653. The molecule has 1 aliphatic heterocycles. The topological polar surface area (TPSA) is 71.0 Å². The first kappa shape index (κ1) is 15.4. The van der Waals surface area contributed by atoms with Gasteiger partial charge in [-0.05, 0) is 37.5 Å². The van der Waals surface area contributed by atoms with Gasteiger partial charge < -0.3 is 10.2 Å². The Balaban J connectivity index is 1.49. The van der Waals surface area contributed by atoms with Crippen LogP contribution in [0.5, 0.6) is 0 Å². The zero-order valence-corrected chi connectivity index (χ0v) is 13.3. The van der Waals surface area contributed by atoms with Crippen LogP contribution in [0, 0.1) is 12.8 Å². The molecule has 120 valence electrons. The smallest absolute Gasteiger partial charge is 0.225 e. The molecule has 2 aromatic rings. The molecule has 6 nitrogen and oxygen atoms in total. The second-order valence-corrected chi connectivity index (χ2v) is 5.84. The Morgan fingerprint density at radius 2 is 2.13 bits per heavy atom. The number of amides is 1. The third-order valence-electron chi connectivity index (χ3n) is 4.12. The van der Waals surface area contributed by atoms with Crippen LogP contribution in [0.1, 0.15) is 24.1 Å². The highest BCUT2D eigenvalue weighted by Gasteiger charge is 2.25. The Morgan fingerprint density at radius 1 is 1.30 bits per heavy atom. The van der Waals surface area contributed by atoms with Crippen LogP contribution in [0.25, 0.3) is 0 Å². The van der Waals surface area contributed by atoms with Gasteiger partial charge in [-0.2, -0.15) is 0 Å². The Hall–Kier alpha value is -2.50. The van der Waals surface area contributed by atoms with Crippen LogP contribution >= 0.6 is 0 Å². The molecule has 0 unspecified atom stereocenters. The van der Waals surface area contributed by atoms with E-state index in [1.165, 1.54) is 0 Å². The number of hydrogen-bond acceptors (Lipinski definition) is 5. The molecule has 0 aliphatic carbocycles. The highest BCUT2D eigenvalue weighted by Crippen LogP contribution is 2.20. The zero-order chi connectivity index (χ0) is 16.1. The highest BCUT2D eigenvalue weighted by molar-refractivity contribution is 5.78. The van der Waals surface area contributed by atoms with Crippen molar-refractivity contribution in [1.29, 1.82) is 0 Å². The fourth-order valence-electron chi connectivity index (χ4n) is 2.77. The van der Waals surface area contributed by atoms with Gasteiger partial charge in [0.25, 0.3) is 0 Å². The predicted octanol–water partition coefficient (Wildman–Crippen LogP) is 1.71. The van der Waals surface area contributed by atoms with Crippen LogP contribution in [0.4, 0.5) is 5.95 Å². The maximum Gasteiger partial charge on any atom is 0.225 e. The van der Waals surface area contributed by atoms with E-state index in [-0.39, 0.29) is 11.8 Å². The molecule has 1 aliphatic rings. The summed E-state index contributed by atoms with van der Waals surface area (Å²) in [7, 11) is 0. The van der Waals surface area contributed by atoms with E-state index in [0.717, 1.165) is 43.1 Å². The SMILES string of the molecule is Cc1ccnc(N2CCC(C(=O)NCc3cccnc3)CC2)n1. The molecular weight excluding hydrogens is 290 g/mol. The molecule has 0 aromatic carbocycles. The number of aryl methyl sites for hydroxylation is 1. The minimum Gasteiger partial charge on any atom is -0.352 e. The zero-order valence-electron chi connectivity index (χ0n) is 13.3. The van der Waals surface area contributed by atoms with Crippen molar-refractivity contribution in [3.05, 3.63) is 48.0 Å². The van der Waals surface area contributed by atoms with Crippen molar-refractivity contribution >= 4 is 11.9 Å². The molecule has 23 heavy (non-hydrogen) atoms. The number of aromatic nitrogens is 3. The van der Waals surface area contributed by atoms with Gasteiger partial charge in [0, 0.05) is 49.8 Å². The summed E-state index contributed by atoms with van der Waals surface area (Å²) in [5.41, 5.74) is 1.98. The lowest BCUT2D eigenvalue weighted by Gasteiger charge is -2.31. The number of anilines is 1. The number of rotatable bonds is 4. The molecular formula is C17H21N5O. The van der Waals surface area contributed by atoms with Gasteiger partial charge in [-0.25, -0.2) is 9.97 Å². The standard InChI is InChI=1S/C17H21N5O/c1-13-4-8-19-17(21-13)22-9-5-15(6-10-22)16(23)20-12-14-3-2-7-18-11-14/h2-4,7-8,11,15H,5-6,9-10,12H2,1H3,(H,20,23).